The number of anilines is 1. The van der Waals surface area contributed by atoms with E-state index in [2.05, 4.69) is 21.2 Å². The van der Waals surface area contributed by atoms with Crippen molar-refractivity contribution in [2.45, 2.75) is 44.4 Å². The Morgan fingerprint density at radius 2 is 1.79 bits per heavy atom. The molecule has 0 spiro atoms. The van der Waals surface area contributed by atoms with Gasteiger partial charge in [0.25, 0.3) is 5.91 Å². The molecule has 0 bridgehead atoms. The van der Waals surface area contributed by atoms with Crippen LogP contribution in [0.25, 0.3) is 0 Å². The lowest BCUT2D eigenvalue weighted by Gasteiger charge is -2.21. The average molecular weight is 485 g/mol. The van der Waals surface area contributed by atoms with E-state index in [4.69, 9.17) is 9.15 Å². The molecule has 1 saturated heterocycles. The maximum absolute atomic E-state index is 13.1. The van der Waals surface area contributed by atoms with E-state index in [0.29, 0.717) is 46.1 Å². The summed E-state index contributed by atoms with van der Waals surface area (Å²) in [4.78, 5) is 13.0. The molecule has 1 fully saturated rings. The number of halogens is 1. The van der Waals surface area contributed by atoms with Gasteiger partial charge in [-0.2, -0.15) is 4.31 Å². The van der Waals surface area contributed by atoms with Gasteiger partial charge in [0.1, 0.15) is 17.3 Å². The largest absolute Gasteiger partial charge is 0.495 e. The van der Waals surface area contributed by atoms with Crippen molar-refractivity contribution < 1.29 is 22.4 Å². The lowest BCUT2D eigenvalue weighted by atomic mass is 10.2. The standard InChI is InChI=1S/C20H25BrN2O5S/c1-13-18(19(21)14(2)28-13)20(24)22-16-12-15(8-9-17(16)27-3)29(25,26)23-10-6-4-5-7-11-23/h8-9,12H,4-7,10-11H2,1-3H3,(H,22,24). The molecular formula is C20H25BrN2O5S. The molecule has 0 atom stereocenters. The molecule has 1 aromatic carbocycles. The number of carbonyl (C=O) groups excluding carboxylic acids is 1. The van der Waals surface area contributed by atoms with E-state index in [0.717, 1.165) is 25.7 Å². The van der Waals surface area contributed by atoms with Crippen LogP contribution in [0.1, 0.15) is 47.6 Å². The van der Waals surface area contributed by atoms with E-state index >= 15 is 0 Å². The second-order valence-corrected chi connectivity index (χ2v) is 9.77. The van der Waals surface area contributed by atoms with Crippen molar-refractivity contribution in [2.75, 3.05) is 25.5 Å². The van der Waals surface area contributed by atoms with E-state index in [1.807, 2.05) is 0 Å². The number of aryl methyl sites for hydroxylation is 2. The summed E-state index contributed by atoms with van der Waals surface area (Å²) in [5, 5.41) is 2.76. The van der Waals surface area contributed by atoms with Crippen LogP contribution in [0.3, 0.4) is 0 Å². The van der Waals surface area contributed by atoms with Crippen molar-refractivity contribution in [1.29, 1.82) is 0 Å². The number of methoxy groups -OCH3 is 1. The summed E-state index contributed by atoms with van der Waals surface area (Å²) in [5.41, 5.74) is 0.656. The molecule has 0 aliphatic carbocycles. The average Bonchev–Trinajstić information content (AvgIpc) is 2.88. The number of rotatable bonds is 5. The van der Waals surface area contributed by atoms with E-state index in [9.17, 15) is 13.2 Å². The summed E-state index contributed by atoms with van der Waals surface area (Å²) in [7, 11) is -2.18. The number of hydrogen-bond donors (Lipinski definition) is 1. The molecule has 1 aliphatic heterocycles. The molecule has 2 heterocycles. The first-order valence-corrected chi connectivity index (χ1v) is 11.7. The highest BCUT2D eigenvalue weighted by Crippen LogP contribution is 2.32. The lowest BCUT2D eigenvalue weighted by Crippen LogP contribution is -2.32. The van der Waals surface area contributed by atoms with Crippen LogP contribution in [0.4, 0.5) is 5.69 Å². The van der Waals surface area contributed by atoms with Crippen molar-refractivity contribution in [1.82, 2.24) is 4.31 Å². The third-order valence-corrected chi connectivity index (χ3v) is 7.89. The Labute approximate surface area is 179 Å². The van der Waals surface area contributed by atoms with Gasteiger partial charge >= 0.3 is 0 Å². The molecule has 1 aliphatic rings. The quantitative estimate of drug-likeness (QED) is 0.675. The number of benzene rings is 1. The van der Waals surface area contributed by atoms with Crippen molar-refractivity contribution in [3.05, 3.63) is 39.8 Å². The second-order valence-electron chi connectivity index (χ2n) is 7.04. The molecule has 0 radical (unpaired) electrons. The lowest BCUT2D eigenvalue weighted by molar-refractivity contribution is 0.102. The fourth-order valence-corrected chi connectivity index (χ4v) is 5.56. The molecule has 7 nitrogen and oxygen atoms in total. The maximum atomic E-state index is 13.1. The van der Waals surface area contributed by atoms with Gasteiger partial charge in [0, 0.05) is 13.1 Å². The number of ether oxygens (including phenoxy) is 1. The summed E-state index contributed by atoms with van der Waals surface area (Å²) in [6.07, 6.45) is 3.78. The summed E-state index contributed by atoms with van der Waals surface area (Å²) < 4.78 is 39.1. The van der Waals surface area contributed by atoms with Crippen LogP contribution < -0.4 is 10.1 Å². The van der Waals surface area contributed by atoms with Gasteiger partial charge in [-0.3, -0.25) is 4.79 Å². The molecule has 1 amide bonds. The molecule has 158 valence electrons. The van der Waals surface area contributed by atoms with Gasteiger partial charge in [0.15, 0.2) is 0 Å². The molecular weight excluding hydrogens is 460 g/mol. The molecule has 3 rings (SSSR count). The number of nitrogens with zero attached hydrogens (tertiary/aromatic N) is 1. The summed E-state index contributed by atoms with van der Waals surface area (Å²) in [5.74, 6) is 1.03. The van der Waals surface area contributed by atoms with Gasteiger partial charge in [0.2, 0.25) is 10.0 Å². The van der Waals surface area contributed by atoms with Crippen molar-refractivity contribution in [3.8, 4) is 5.75 Å². The fourth-order valence-electron chi connectivity index (χ4n) is 3.48. The van der Waals surface area contributed by atoms with E-state index in [-0.39, 0.29) is 4.90 Å². The first-order valence-electron chi connectivity index (χ1n) is 9.50. The van der Waals surface area contributed by atoms with Gasteiger partial charge in [0.05, 0.1) is 27.7 Å². The predicted octanol–water partition coefficient (Wildman–Crippen LogP) is 4.48. The zero-order valence-electron chi connectivity index (χ0n) is 16.7. The van der Waals surface area contributed by atoms with Gasteiger partial charge < -0.3 is 14.5 Å². The Balaban J connectivity index is 1.94. The van der Waals surface area contributed by atoms with Gasteiger partial charge in [-0.15, -0.1) is 0 Å². The second kappa shape index (κ2) is 8.89. The van der Waals surface area contributed by atoms with Crippen molar-refractivity contribution in [2.24, 2.45) is 0 Å². The topological polar surface area (TPSA) is 88.9 Å². The first-order chi connectivity index (χ1) is 13.8. The third-order valence-electron chi connectivity index (χ3n) is 5.04. The summed E-state index contributed by atoms with van der Waals surface area (Å²) in [6, 6.07) is 4.52. The molecule has 1 N–H and O–H groups in total. The maximum Gasteiger partial charge on any atom is 0.260 e. The Morgan fingerprint density at radius 1 is 1.14 bits per heavy atom. The third kappa shape index (κ3) is 4.51. The number of carbonyl (C=O) groups is 1. The van der Waals surface area contributed by atoms with Gasteiger partial charge in [-0.05, 0) is 60.8 Å². The highest BCUT2D eigenvalue weighted by molar-refractivity contribution is 9.10. The van der Waals surface area contributed by atoms with E-state index < -0.39 is 15.9 Å². The minimum Gasteiger partial charge on any atom is -0.495 e. The Bertz CT molecular complexity index is 1010. The molecule has 1 aromatic heterocycles. The Hall–Kier alpha value is -1.84. The molecule has 0 saturated carbocycles. The van der Waals surface area contributed by atoms with Crippen molar-refractivity contribution >= 4 is 37.5 Å². The molecule has 0 unspecified atom stereocenters. The predicted molar refractivity (Wildman–Crippen MR) is 114 cm³/mol. The van der Waals surface area contributed by atoms with Gasteiger partial charge in [-0.25, -0.2) is 8.42 Å². The van der Waals surface area contributed by atoms with Gasteiger partial charge in [-0.1, -0.05) is 12.8 Å². The van der Waals surface area contributed by atoms with Crippen LogP contribution in [0.15, 0.2) is 32.0 Å². The molecule has 9 heteroatoms. The smallest absolute Gasteiger partial charge is 0.260 e. The van der Waals surface area contributed by atoms with Crippen LogP contribution in [0.5, 0.6) is 5.75 Å². The fraction of sp³-hybridized carbons (Fsp3) is 0.450. The normalized spacial score (nSPS) is 15.7. The minimum absolute atomic E-state index is 0.134. The van der Waals surface area contributed by atoms with E-state index in [1.54, 1.807) is 19.9 Å². The van der Waals surface area contributed by atoms with Crippen molar-refractivity contribution in [3.63, 3.8) is 0 Å². The van der Waals surface area contributed by atoms with Crippen LogP contribution in [0.2, 0.25) is 0 Å². The molecule has 29 heavy (non-hydrogen) atoms. The first kappa shape index (κ1) is 21.9. The van der Waals surface area contributed by atoms with Crippen LogP contribution >= 0.6 is 15.9 Å². The highest BCUT2D eigenvalue weighted by atomic mass is 79.9. The minimum atomic E-state index is -3.65. The number of furan rings is 1. The zero-order valence-corrected chi connectivity index (χ0v) is 19.2. The zero-order chi connectivity index (χ0) is 21.2. The molecule has 2 aromatic rings. The Kier molecular flexibility index (Phi) is 6.70. The Morgan fingerprint density at radius 3 is 2.34 bits per heavy atom. The number of amides is 1. The monoisotopic (exact) mass is 484 g/mol. The van der Waals surface area contributed by atoms with Crippen LogP contribution in [-0.4, -0.2) is 38.8 Å². The van der Waals surface area contributed by atoms with Crippen LogP contribution in [-0.2, 0) is 10.0 Å². The van der Waals surface area contributed by atoms with Crippen LogP contribution in [0, 0.1) is 13.8 Å². The number of hydrogen-bond acceptors (Lipinski definition) is 5. The SMILES string of the molecule is COc1ccc(S(=O)(=O)N2CCCCCC2)cc1NC(=O)c1c(C)oc(C)c1Br. The number of sulfonamides is 1. The highest BCUT2D eigenvalue weighted by Gasteiger charge is 2.27. The number of nitrogens with one attached hydrogen (secondary N) is 1. The van der Waals surface area contributed by atoms with E-state index in [1.165, 1.54) is 23.5 Å². The summed E-state index contributed by atoms with van der Waals surface area (Å²) >= 11 is 3.37. The summed E-state index contributed by atoms with van der Waals surface area (Å²) in [6.45, 7) is 4.47.